The van der Waals surface area contributed by atoms with E-state index in [1.807, 2.05) is 30.3 Å². The smallest absolute Gasteiger partial charge is 0.259 e. The van der Waals surface area contributed by atoms with Crippen molar-refractivity contribution in [3.63, 3.8) is 0 Å². The van der Waals surface area contributed by atoms with Crippen molar-refractivity contribution in [1.82, 2.24) is 4.90 Å². The molecule has 8 heteroatoms. The van der Waals surface area contributed by atoms with Gasteiger partial charge in [-0.05, 0) is 43.5 Å². The number of hydrogen-bond donors (Lipinski definition) is 1. The summed E-state index contributed by atoms with van der Waals surface area (Å²) in [6, 6.07) is 14.3. The Hall–Kier alpha value is -2.64. The lowest BCUT2D eigenvalue weighted by Crippen LogP contribution is -2.42. The highest BCUT2D eigenvalue weighted by molar-refractivity contribution is 8.15. The fraction of sp³-hybridized carbons (Fsp3) is 0.304. The van der Waals surface area contributed by atoms with Gasteiger partial charge < -0.3 is 5.32 Å². The van der Waals surface area contributed by atoms with Gasteiger partial charge in [-0.1, -0.05) is 61.5 Å². The van der Waals surface area contributed by atoms with Gasteiger partial charge in [0.25, 0.3) is 5.91 Å². The van der Waals surface area contributed by atoms with Crippen molar-refractivity contribution in [2.45, 2.75) is 38.5 Å². The monoisotopic (exact) mass is 454 g/mol. The summed E-state index contributed by atoms with van der Waals surface area (Å²) in [5.41, 5.74) is 2.13. The number of nitrogens with zero attached hydrogens (tertiary/aromatic N) is 3. The summed E-state index contributed by atoms with van der Waals surface area (Å²) >= 11 is 7.39. The molecule has 2 atom stereocenters. The Kier molecular flexibility index (Phi) is 6.16. The minimum Gasteiger partial charge on any atom is -0.324 e. The highest BCUT2D eigenvalue weighted by Crippen LogP contribution is 2.35. The molecule has 0 unspecified atom stereocenters. The molecule has 0 spiro atoms. The first-order chi connectivity index (χ1) is 14.8. The van der Waals surface area contributed by atoms with Crippen LogP contribution in [0.3, 0.4) is 0 Å². The van der Waals surface area contributed by atoms with E-state index in [9.17, 15) is 9.59 Å². The molecular formula is C23H23ClN4O2S. The minimum absolute atomic E-state index is 0.0943. The second-order valence-corrected chi connectivity index (χ2v) is 9.63. The van der Waals surface area contributed by atoms with Gasteiger partial charge >= 0.3 is 0 Å². The van der Waals surface area contributed by atoms with E-state index in [2.05, 4.69) is 19.2 Å². The van der Waals surface area contributed by atoms with Gasteiger partial charge in [0.1, 0.15) is 11.9 Å². The maximum absolute atomic E-state index is 13.2. The number of halogens is 1. The third-order valence-corrected chi connectivity index (χ3v) is 6.41. The molecular weight excluding hydrogens is 432 g/mol. The molecule has 1 N–H and O–H groups in total. The summed E-state index contributed by atoms with van der Waals surface area (Å²) in [6.45, 7) is 5.93. The zero-order valence-corrected chi connectivity index (χ0v) is 19.1. The van der Waals surface area contributed by atoms with Crippen LogP contribution in [0, 0.1) is 5.92 Å². The summed E-state index contributed by atoms with van der Waals surface area (Å²) in [7, 11) is 0. The lowest BCUT2D eigenvalue weighted by molar-refractivity contribution is -0.125. The van der Waals surface area contributed by atoms with Crippen molar-refractivity contribution in [1.29, 1.82) is 0 Å². The van der Waals surface area contributed by atoms with E-state index in [-0.39, 0.29) is 11.8 Å². The Morgan fingerprint density at radius 3 is 2.61 bits per heavy atom. The predicted octanol–water partition coefficient (Wildman–Crippen LogP) is 5.11. The molecule has 2 aromatic rings. The third-order valence-electron chi connectivity index (χ3n) is 5.03. The predicted molar refractivity (Wildman–Crippen MR) is 127 cm³/mol. The highest BCUT2D eigenvalue weighted by atomic mass is 35.5. The Morgan fingerprint density at radius 1 is 1.16 bits per heavy atom. The molecule has 6 nitrogen and oxygen atoms in total. The van der Waals surface area contributed by atoms with Crippen molar-refractivity contribution >= 4 is 57.6 Å². The van der Waals surface area contributed by atoms with E-state index in [1.54, 1.807) is 30.0 Å². The van der Waals surface area contributed by atoms with Gasteiger partial charge in [0.05, 0.1) is 21.6 Å². The van der Waals surface area contributed by atoms with Gasteiger partial charge in [-0.25, -0.2) is 9.89 Å². The Morgan fingerprint density at radius 2 is 1.87 bits per heavy atom. The average Bonchev–Trinajstić information content (AvgIpc) is 3.06. The number of nitrogens with one attached hydrogen (secondary N) is 1. The number of hydrogen-bond acceptors (Lipinski definition) is 5. The van der Waals surface area contributed by atoms with Gasteiger partial charge in [-0.2, -0.15) is 0 Å². The SMILES string of the molecule is CC(C)C[C@@H]1N=C2c3ccccc3N=C(S[C@H](C)C(=O)Nc3ccccc3Cl)N2C1=O. The number of fused-ring (bicyclic) bond motifs is 3. The molecule has 2 heterocycles. The molecule has 0 radical (unpaired) electrons. The number of aliphatic imine (C=N–C) groups is 2. The fourth-order valence-corrected chi connectivity index (χ4v) is 4.59. The normalized spacial score (nSPS) is 18.3. The molecule has 2 aromatic carbocycles. The number of rotatable bonds is 5. The second-order valence-electron chi connectivity index (χ2n) is 7.91. The Bertz CT molecular complexity index is 1100. The quantitative estimate of drug-likeness (QED) is 0.682. The van der Waals surface area contributed by atoms with Crippen molar-refractivity contribution in [3.8, 4) is 0 Å². The standard InChI is InChI=1S/C23H23ClN4O2S/c1-13(2)12-19-22(30)28-20(25-19)15-8-4-6-10-17(15)27-23(28)31-14(3)21(29)26-18-11-7-5-9-16(18)24/h4-11,13-14,19H,12H2,1-3H3,(H,26,29)/t14-,19+/m1/s1. The van der Waals surface area contributed by atoms with Crippen LogP contribution >= 0.6 is 23.4 Å². The number of carbonyl (C=O) groups excluding carboxylic acids is 2. The summed E-state index contributed by atoms with van der Waals surface area (Å²) < 4.78 is 0. The van der Waals surface area contributed by atoms with Crippen LogP contribution in [0.25, 0.3) is 0 Å². The maximum Gasteiger partial charge on any atom is 0.259 e. The van der Waals surface area contributed by atoms with Crippen LogP contribution in [-0.4, -0.2) is 39.0 Å². The molecule has 0 aliphatic carbocycles. The molecule has 4 rings (SSSR count). The number of para-hydroxylation sites is 2. The zero-order chi connectivity index (χ0) is 22.1. The van der Waals surface area contributed by atoms with Gasteiger partial charge in [-0.3, -0.25) is 14.6 Å². The number of carbonyl (C=O) groups is 2. The van der Waals surface area contributed by atoms with Crippen LogP contribution in [0.4, 0.5) is 11.4 Å². The average molecular weight is 455 g/mol. The van der Waals surface area contributed by atoms with E-state index < -0.39 is 11.3 Å². The maximum atomic E-state index is 13.2. The fourth-order valence-electron chi connectivity index (χ4n) is 3.49. The molecule has 2 amide bonds. The summed E-state index contributed by atoms with van der Waals surface area (Å²) in [6.07, 6.45) is 0.668. The minimum atomic E-state index is -0.501. The number of amides is 2. The molecule has 2 aliphatic heterocycles. The van der Waals surface area contributed by atoms with E-state index in [4.69, 9.17) is 21.6 Å². The molecule has 160 valence electrons. The summed E-state index contributed by atoms with van der Waals surface area (Å²) in [5, 5.41) is 3.28. The van der Waals surface area contributed by atoms with Crippen LogP contribution in [0.5, 0.6) is 0 Å². The van der Waals surface area contributed by atoms with Crippen molar-refractivity contribution < 1.29 is 9.59 Å². The van der Waals surface area contributed by atoms with E-state index in [1.165, 1.54) is 11.8 Å². The van der Waals surface area contributed by atoms with E-state index >= 15 is 0 Å². The lowest BCUT2D eigenvalue weighted by atomic mass is 10.0. The van der Waals surface area contributed by atoms with E-state index in [0.717, 1.165) is 11.3 Å². The zero-order valence-electron chi connectivity index (χ0n) is 17.5. The summed E-state index contributed by atoms with van der Waals surface area (Å²) in [4.78, 5) is 37.0. The largest absolute Gasteiger partial charge is 0.324 e. The highest BCUT2D eigenvalue weighted by Gasteiger charge is 2.42. The van der Waals surface area contributed by atoms with Crippen molar-refractivity contribution in [2.75, 3.05) is 5.32 Å². The number of amidine groups is 2. The summed E-state index contributed by atoms with van der Waals surface area (Å²) in [5.74, 6) is 0.636. The first kappa shape index (κ1) is 21.6. The Balaban J connectivity index is 1.60. The molecule has 2 aliphatic rings. The molecule has 0 saturated carbocycles. The second kappa shape index (κ2) is 8.85. The van der Waals surface area contributed by atoms with Gasteiger partial charge in [0, 0.05) is 5.56 Å². The van der Waals surface area contributed by atoms with Gasteiger partial charge in [-0.15, -0.1) is 0 Å². The molecule has 0 saturated heterocycles. The molecule has 0 fully saturated rings. The van der Waals surface area contributed by atoms with E-state index in [0.29, 0.717) is 34.1 Å². The van der Waals surface area contributed by atoms with Crippen LogP contribution in [0.1, 0.15) is 32.8 Å². The van der Waals surface area contributed by atoms with Crippen LogP contribution in [-0.2, 0) is 9.59 Å². The van der Waals surface area contributed by atoms with Gasteiger partial charge in [0.2, 0.25) is 5.91 Å². The molecule has 0 aromatic heterocycles. The third kappa shape index (κ3) is 4.38. The van der Waals surface area contributed by atoms with Crippen LogP contribution in [0.15, 0.2) is 58.5 Å². The lowest BCUT2D eigenvalue weighted by Gasteiger charge is -2.27. The first-order valence-electron chi connectivity index (χ1n) is 10.2. The first-order valence-corrected chi connectivity index (χ1v) is 11.4. The van der Waals surface area contributed by atoms with Crippen molar-refractivity contribution in [2.24, 2.45) is 15.9 Å². The number of benzene rings is 2. The van der Waals surface area contributed by atoms with Crippen LogP contribution < -0.4 is 5.32 Å². The molecule has 0 bridgehead atoms. The number of thioether (sulfide) groups is 1. The van der Waals surface area contributed by atoms with Gasteiger partial charge in [0.15, 0.2) is 5.17 Å². The van der Waals surface area contributed by atoms with Crippen molar-refractivity contribution in [3.05, 3.63) is 59.1 Å². The Labute approximate surface area is 190 Å². The van der Waals surface area contributed by atoms with Crippen LogP contribution in [0.2, 0.25) is 5.02 Å². The topological polar surface area (TPSA) is 74.1 Å². The molecule has 31 heavy (non-hydrogen) atoms. The number of anilines is 1.